The summed E-state index contributed by atoms with van der Waals surface area (Å²) in [5.74, 6) is 2.18. The van der Waals surface area contributed by atoms with Crippen molar-refractivity contribution in [1.29, 1.82) is 0 Å². The molecule has 8 rings (SSSR count). The van der Waals surface area contributed by atoms with Crippen LogP contribution in [0.25, 0.3) is 0 Å². The fraction of sp³-hybridized carbons (Fsp3) is 0.524. The molecule has 2 atom stereocenters. The van der Waals surface area contributed by atoms with Crippen molar-refractivity contribution in [3.8, 4) is 11.5 Å². The zero-order valence-electron chi connectivity index (χ0n) is 33.3. The summed E-state index contributed by atoms with van der Waals surface area (Å²) in [5.41, 5.74) is 6.45. The number of piperazine rings is 2. The lowest BCUT2D eigenvalue weighted by atomic mass is 10.0. The Kier molecular flexibility index (Phi) is 13.0. The monoisotopic (exact) mass is 768 g/mol. The first-order chi connectivity index (χ1) is 27.3. The van der Waals surface area contributed by atoms with E-state index in [1.54, 1.807) is 48.4 Å². The van der Waals surface area contributed by atoms with Gasteiger partial charge in [-0.15, -0.1) is 0 Å². The average molecular weight is 769 g/mol. The zero-order chi connectivity index (χ0) is 39.0. The Bertz CT molecular complexity index is 1790. The van der Waals surface area contributed by atoms with Crippen LogP contribution in [0, 0.1) is 0 Å². The maximum Gasteiger partial charge on any atom is 0.257 e. The first-order valence-corrected chi connectivity index (χ1v) is 19.9. The van der Waals surface area contributed by atoms with Crippen LogP contribution >= 0.6 is 0 Å². The fourth-order valence-corrected chi connectivity index (χ4v) is 7.86. The lowest BCUT2D eigenvalue weighted by Crippen LogP contribution is -2.49. The summed E-state index contributed by atoms with van der Waals surface area (Å²) in [7, 11) is 3.32. The topological polar surface area (TPSA) is 120 Å². The third-order valence-electron chi connectivity index (χ3n) is 11.5. The molecule has 0 bridgehead atoms. The highest BCUT2D eigenvalue weighted by Gasteiger charge is 2.28. The van der Waals surface area contributed by atoms with E-state index in [9.17, 15) is 9.59 Å². The van der Waals surface area contributed by atoms with Gasteiger partial charge in [0.25, 0.3) is 11.8 Å². The molecular formula is C42H56N8O6. The van der Waals surface area contributed by atoms with Gasteiger partial charge in [-0.25, -0.2) is 0 Å². The normalized spacial score (nSPS) is 18.0. The predicted molar refractivity (Wildman–Crippen MR) is 211 cm³/mol. The third kappa shape index (κ3) is 9.26. The van der Waals surface area contributed by atoms with E-state index < -0.39 is 0 Å². The number of rotatable bonds is 12. The Morgan fingerprint density at radius 3 is 1.45 bits per heavy atom. The van der Waals surface area contributed by atoms with Gasteiger partial charge in [0.2, 0.25) is 0 Å². The van der Waals surface area contributed by atoms with Crippen LogP contribution in [0.3, 0.4) is 0 Å². The summed E-state index contributed by atoms with van der Waals surface area (Å²) < 4.78 is 25.1. The first-order valence-electron chi connectivity index (χ1n) is 19.9. The van der Waals surface area contributed by atoms with Gasteiger partial charge >= 0.3 is 0 Å². The van der Waals surface area contributed by atoms with Crippen molar-refractivity contribution in [3.05, 3.63) is 94.6 Å². The molecule has 4 aliphatic rings. The highest BCUT2D eigenvalue weighted by Crippen LogP contribution is 2.32. The molecular weight excluding hydrogens is 713 g/mol. The second-order valence-electron chi connectivity index (χ2n) is 14.9. The standard InChI is InChI=1S/2C21H28N4O3/c2*1-16(18-4-3-17-5-11-28-20(17)13-18)23-6-8-24(9-7-23)21(26)19-14-22-25(15-19)10-12-27-2/h2*3-4,13-16H,5-12H2,1-2H3/t2*16-/m10/s1. The molecule has 300 valence electrons. The Balaban J connectivity index is 0.000000172. The molecule has 4 aromatic rings. The summed E-state index contributed by atoms with van der Waals surface area (Å²) in [4.78, 5) is 34.2. The Labute approximate surface area is 329 Å². The van der Waals surface area contributed by atoms with Crippen molar-refractivity contribution in [2.45, 2.75) is 51.9 Å². The third-order valence-corrected chi connectivity index (χ3v) is 11.5. The molecule has 0 unspecified atom stereocenters. The van der Waals surface area contributed by atoms with E-state index in [1.807, 2.05) is 9.80 Å². The van der Waals surface area contributed by atoms with Crippen molar-refractivity contribution in [2.75, 3.05) is 93.0 Å². The van der Waals surface area contributed by atoms with E-state index in [1.165, 1.54) is 22.3 Å². The van der Waals surface area contributed by atoms with Crippen LogP contribution in [0.2, 0.25) is 0 Å². The highest BCUT2D eigenvalue weighted by atomic mass is 16.5. The number of carbonyl (C=O) groups excluding carboxylic acids is 2. The highest BCUT2D eigenvalue weighted by molar-refractivity contribution is 5.94. The molecule has 0 N–H and O–H groups in total. The summed E-state index contributed by atoms with van der Waals surface area (Å²) in [6.07, 6.45) is 8.93. The SMILES string of the molecule is COCCn1cc(C(=O)N2CCN([C@@H](C)c3ccc4c(c3)OCC4)CC2)cn1.COCCn1cc(C(=O)N2CCN([C@H](C)c3ccc4c(c3)OCC4)CC2)cn1. The Morgan fingerprint density at radius 2 is 1.05 bits per heavy atom. The number of nitrogens with zero attached hydrogens (tertiary/aromatic N) is 8. The number of ether oxygens (including phenoxy) is 4. The van der Waals surface area contributed by atoms with Gasteiger partial charge in [0, 0.05) is 104 Å². The van der Waals surface area contributed by atoms with Crippen molar-refractivity contribution >= 4 is 11.8 Å². The molecule has 6 heterocycles. The van der Waals surface area contributed by atoms with E-state index in [0.717, 1.165) is 89.9 Å². The zero-order valence-corrected chi connectivity index (χ0v) is 33.3. The second kappa shape index (κ2) is 18.5. The number of carbonyl (C=O) groups is 2. The predicted octanol–water partition coefficient (Wildman–Crippen LogP) is 3.97. The van der Waals surface area contributed by atoms with Crippen LogP contribution in [0.5, 0.6) is 11.5 Å². The van der Waals surface area contributed by atoms with Gasteiger partial charge in [0.1, 0.15) is 11.5 Å². The molecule has 0 spiro atoms. The number of aromatic nitrogens is 4. The number of fused-ring (bicyclic) bond motifs is 2. The molecule has 0 saturated carbocycles. The van der Waals surface area contributed by atoms with Crippen molar-refractivity contribution in [1.82, 2.24) is 39.2 Å². The van der Waals surface area contributed by atoms with Gasteiger partial charge in [0.15, 0.2) is 0 Å². The smallest absolute Gasteiger partial charge is 0.257 e. The van der Waals surface area contributed by atoms with Crippen molar-refractivity contribution in [3.63, 3.8) is 0 Å². The van der Waals surface area contributed by atoms with E-state index in [4.69, 9.17) is 18.9 Å². The van der Waals surface area contributed by atoms with E-state index in [2.05, 4.69) is 70.2 Å². The molecule has 0 radical (unpaired) electrons. The molecule has 56 heavy (non-hydrogen) atoms. The van der Waals surface area contributed by atoms with Gasteiger partial charge in [-0.2, -0.15) is 10.2 Å². The largest absolute Gasteiger partial charge is 0.493 e. The van der Waals surface area contributed by atoms with Gasteiger partial charge in [-0.05, 0) is 48.2 Å². The molecule has 2 amide bonds. The van der Waals surface area contributed by atoms with Crippen LogP contribution in [-0.4, -0.2) is 144 Å². The lowest BCUT2D eigenvalue weighted by molar-refractivity contribution is 0.0576. The summed E-state index contributed by atoms with van der Waals surface area (Å²) in [5, 5.41) is 8.50. The summed E-state index contributed by atoms with van der Waals surface area (Å²) >= 11 is 0. The summed E-state index contributed by atoms with van der Waals surface area (Å²) in [6.45, 7) is 14.9. The second-order valence-corrected chi connectivity index (χ2v) is 14.9. The van der Waals surface area contributed by atoms with Crippen LogP contribution in [-0.2, 0) is 35.4 Å². The van der Waals surface area contributed by atoms with Crippen molar-refractivity contribution in [2.24, 2.45) is 0 Å². The van der Waals surface area contributed by atoms with Crippen LogP contribution in [0.15, 0.2) is 61.2 Å². The van der Waals surface area contributed by atoms with Crippen LogP contribution in [0.1, 0.15) is 68.9 Å². The average Bonchev–Trinajstić information content (AvgIpc) is 4.09. The van der Waals surface area contributed by atoms with Gasteiger partial charge in [-0.3, -0.25) is 28.8 Å². The number of benzene rings is 2. The Morgan fingerprint density at radius 1 is 0.643 bits per heavy atom. The van der Waals surface area contributed by atoms with Gasteiger partial charge in [-0.1, -0.05) is 24.3 Å². The molecule has 4 aliphatic heterocycles. The quantitative estimate of drug-likeness (QED) is 0.210. The molecule has 2 aromatic carbocycles. The minimum atomic E-state index is 0.0573. The summed E-state index contributed by atoms with van der Waals surface area (Å²) in [6, 6.07) is 13.8. The Hall–Kier alpha value is -4.76. The van der Waals surface area contributed by atoms with E-state index in [0.29, 0.717) is 49.5 Å². The number of hydrogen-bond acceptors (Lipinski definition) is 10. The molecule has 0 aliphatic carbocycles. The van der Waals surface area contributed by atoms with Gasteiger partial charge in [0.05, 0.1) is 63.0 Å². The molecule has 2 aromatic heterocycles. The van der Waals surface area contributed by atoms with E-state index >= 15 is 0 Å². The van der Waals surface area contributed by atoms with Gasteiger partial charge < -0.3 is 28.7 Å². The first kappa shape index (κ1) is 39.5. The lowest BCUT2D eigenvalue weighted by Gasteiger charge is -2.38. The maximum atomic E-state index is 12.8. The minimum Gasteiger partial charge on any atom is -0.493 e. The number of amides is 2. The molecule has 2 saturated heterocycles. The molecule has 2 fully saturated rings. The van der Waals surface area contributed by atoms with Crippen molar-refractivity contribution < 1.29 is 28.5 Å². The number of methoxy groups -OCH3 is 2. The molecule has 14 nitrogen and oxygen atoms in total. The number of hydrogen-bond donors (Lipinski definition) is 0. The minimum absolute atomic E-state index is 0.0573. The van der Waals surface area contributed by atoms with Crippen LogP contribution < -0.4 is 9.47 Å². The maximum absolute atomic E-state index is 12.8. The fourth-order valence-electron chi connectivity index (χ4n) is 7.86. The van der Waals surface area contributed by atoms with E-state index in [-0.39, 0.29) is 11.8 Å². The van der Waals surface area contributed by atoms with Crippen LogP contribution in [0.4, 0.5) is 0 Å². The molecule has 14 heteroatoms.